The van der Waals surface area contributed by atoms with Gasteiger partial charge in [0.05, 0.1) is 23.9 Å². The summed E-state index contributed by atoms with van der Waals surface area (Å²) in [6.45, 7) is 6.03. The Bertz CT molecular complexity index is 1060. The zero-order valence-corrected chi connectivity index (χ0v) is 22.2. The number of para-hydroxylation sites is 1. The van der Waals surface area contributed by atoms with Crippen LogP contribution in [-0.4, -0.2) is 77.1 Å². The fourth-order valence-corrected chi connectivity index (χ4v) is 5.45. The number of ether oxygens (including phenoxy) is 1. The zero-order valence-electron chi connectivity index (χ0n) is 22.2. The second kappa shape index (κ2) is 12.5. The smallest absolute Gasteiger partial charge is 0.258 e. The lowest BCUT2D eigenvalue weighted by Gasteiger charge is -2.39. The second-order valence-electron chi connectivity index (χ2n) is 10.7. The summed E-state index contributed by atoms with van der Waals surface area (Å²) < 4.78 is 6.63. The predicted octanol–water partition coefficient (Wildman–Crippen LogP) is 4.07. The molecular formula is C29H40N4O4. The van der Waals surface area contributed by atoms with Crippen LogP contribution < -0.4 is 10.1 Å². The van der Waals surface area contributed by atoms with E-state index in [2.05, 4.69) is 29.2 Å². The summed E-state index contributed by atoms with van der Waals surface area (Å²) in [5, 5.41) is 12.8. The maximum atomic E-state index is 13.6. The highest BCUT2D eigenvalue weighted by atomic mass is 16.5. The number of aliphatic hydroxyl groups excluding tert-OH is 1. The molecule has 0 radical (unpaired) electrons. The van der Waals surface area contributed by atoms with E-state index in [1.807, 2.05) is 6.92 Å². The molecule has 2 aromatic rings. The highest BCUT2D eigenvalue weighted by Gasteiger charge is 2.35. The molecule has 1 aliphatic heterocycles. The molecular weight excluding hydrogens is 468 g/mol. The van der Waals surface area contributed by atoms with E-state index in [0.717, 1.165) is 6.54 Å². The fraction of sp³-hybridized carbons (Fsp3) is 0.552. The lowest BCUT2D eigenvalue weighted by atomic mass is 9.89. The van der Waals surface area contributed by atoms with Crippen LogP contribution in [0.4, 0.5) is 5.69 Å². The van der Waals surface area contributed by atoms with Crippen molar-refractivity contribution >= 4 is 17.5 Å². The van der Waals surface area contributed by atoms with Crippen LogP contribution in [0, 0.1) is 11.8 Å². The molecule has 1 fully saturated rings. The van der Waals surface area contributed by atoms with Crippen LogP contribution in [0.25, 0.3) is 0 Å². The minimum absolute atomic E-state index is 0.0175. The molecule has 2 heterocycles. The number of likely N-dealkylation sites (N-methyl/N-ethyl adjacent to an activating group) is 1. The third kappa shape index (κ3) is 6.67. The summed E-state index contributed by atoms with van der Waals surface area (Å²) in [6.07, 6.45) is 9.42. The summed E-state index contributed by atoms with van der Waals surface area (Å²) >= 11 is 0. The van der Waals surface area contributed by atoms with Crippen molar-refractivity contribution in [2.75, 3.05) is 38.6 Å². The van der Waals surface area contributed by atoms with Gasteiger partial charge in [-0.05, 0) is 57.0 Å². The van der Waals surface area contributed by atoms with Crippen molar-refractivity contribution in [1.29, 1.82) is 0 Å². The molecule has 1 aliphatic carbocycles. The Morgan fingerprint density at radius 3 is 2.62 bits per heavy atom. The quantitative estimate of drug-likeness (QED) is 0.558. The van der Waals surface area contributed by atoms with Crippen LogP contribution in [0.2, 0.25) is 0 Å². The lowest BCUT2D eigenvalue weighted by Crippen LogP contribution is -2.50. The Kier molecular flexibility index (Phi) is 9.16. The molecule has 2 aliphatic rings. The Balaban J connectivity index is 1.63. The van der Waals surface area contributed by atoms with E-state index in [9.17, 15) is 14.7 Å². The number of amides is 2. The van der Waals surface area contributed by atoms with Crippen molar-refractivity contribution < 1.29 is 19.4 Å². The van der Waals surface area contributed by atoms with Crippen molar-refractivity contribution in [3.8, 4) is 5.75 Å². The average molecular weight is 509 g/mol. The van der Waals surface area contributed by atoms with Gasteiger partial charge in [-0.25, -0.2) is 0 Å². The molecule has 0 bridgehead atoms. The summed E-state index contributed by atoms with van der Waals surface area (Å²) in [6, 6.07) is 8.19. The molecule has 200 valence electrons. The van der Waals surface area contributed by atoms with Gasteiger partial charge in [0, 0.05) is 43.5 Å². The van der Waals surface area contributed by atoms with E-state index in [-0.39, 0.29) is 36.5 Å². The van der Waals surface area contributed by atoms with Gasteiger partial charge in [-0.1, -0.05) is 32.3 Å². The van der Waals surface area contributed by atoms with E-state index in [1.54, 1.807) is 47.6 Å². The highest BCUT2D eigenvalue weighted by molar-refractivity contribution is 6.07. The van der Waals surface area contributed by atoms with Crippen molar-refractivity contribution in [3.05, 3.63) is 53.9 Å². The van der Waals surface area contributed by atoms with Gasteiger partial charge >= 0.3 is 0 Å². The largest absolute Gasteiger partial charge is 0.486 e. The molecule has 4 rings (SSSR count). The van der Waals surface area contributed by atoms with Crippen molar-refractivity contribution in [2.24, 2.45) is 11.8 Å². The number of anilines is 1. The van der Waals surface area contributed by atoms with Crippen LogP contribution in [0.1, 0.15) is 66.7 Å². The van der Waals surface area contributed by atoms with E-state index >= 15 is 0 Å². The molecule has 1 aromatic carbocycles. The molecule has 8 nitrogen and oxygen atoms in total. The number of hydrogen-bond acceptors (Lipinski definition) is 6. The highest BCUT2D eigenvalue weighted by Crippen LogP contribution is 2.35. The first-order valence-electron chi connectivity index (χ1n) is 13.5. The monoisotopic (exact) mass is 508 g/mol. The van der Waals surface area contributed by atoms with E-state index in [4.69, 9.17) is 4.74 Å². The van der Waals surface area contributed by atoms with Gasteiger partial charge in [-0.3, -0.25) is 14.6 Å². The van der Waals surface area contributed by atoms with Crippen molar-refractivity contribution in [2.45, 2.75) is 58.1 Å². The number of fused-ring (bicyclic) bond motifs is 1. The number of nitrogens with zero attached hydrogens (tertiary/aromatic N) is 3. The lowest BCUT2D eigenvalue weighted by molar-refractivity contribution is 0.0332. The number of pyridine rings is 1. The normalized spacial score (nSPS) is 21.5. The molecule has 1 saturated carbocycles. The van der Waals surface area contributed by atoms with Crippen molar-refractivity contribution in [3.63, 3.8) is 0 Å². The maximum absolute atomic E-state index is 13.6. The zero-order chi connectivity index (χ0) is 26.4. The third-order valence-corrected chi connectivity index (χ3v) is 7.67. The number of benzene rings is 1. The topological polar surface area (TPSA) is 95.0 Å². The summed E-state index contributed by atoms with van der Waals surface area (Å²) in [5.41, 5.74) is 1.32. The molecule has 2 N–H and O–H groups in total. The third-order valence-electron chi connectivity index (χ3n) is 7.67. The number of hydrogen-bond donors (Lipinski definition) is 2. The first-order chi connectivity index (χ1) is 17.9. The molecule has 8 heteroatoms. The number of rotatable bonds is 8. The van der Waals surface area contributed by atoms with E-state index in [0.29, 0.717) is 41.6 Å². The molecule has 3 atom stereocenters. The summed E-state index contributed by atoms with van der Waals surface area (Å²) in [7, 11) is 2.14. The van der Waals surface area contributed by atoms with Crippen LogP contribution in [0.15, 0.2) is 42.7 Å². The standard InChI is InChI=1S/C29H40N4O4/c1-20-16-33(21(2)19-34)29(36)24-10-7-11-25(31-28(35)23-12-14-30-15-13-23)27(24)37-26(20)18-32(3)17-22-8-5-4-6-9-22/h7,10-15,20-22,26,34H,4-6,8-9,16-19H2,1-3H3,(H,31,35)/t20-,21+,26+/m1/s1. The Morgan fingerprint density at radius 1 is 1.19 bits per heavy atom. The van der Waals surface area contributed by atoms with E-state index < -0.39 is 0 Å². The van der Waals surface area contributed by atoms with Crippen LogP contribution in [-0.2, 0) is 0 Å². The van der Waals surface area contributed by atoms with Gasteiger partial charge in [-0.15, -0.1) is 0 Å². The molecule has 0 saturated heterocycles. The minimum Gasteiger partial charge on any atom is -0.486 e. The molecule has 1 aromatic heterocycles. The number of carbonyl (C=O) groups excluding carboxylic acids is 2. The first kappa shape index (κ1) is 27.1. The van der Waals surface area contributed by atoms with Gasteiger partial charge in [0.15, 0.2) is 5.75 Å². The molecule has 37 heavy (non-hydrogen) atoms. The maximum Gasteiger partial charge on any atom is 0.258 e. The number of carbonyl (C=O) groups is 2. The number of nitrogens with one attached hydrogen (secondary N) is 1. The van der Waals surface area contributed by atoms with Gasteiger partial charge in [0.25, 0.3) is 11.8 Å². The molecule has 2 amide bonds. The molecule has 0 spiro atoms. The van der Waals surface area contributed by atoms with Crippen LogP contribution >= 0.6 is 0 Å². The summed E-state index contributed by atoms with van der Waals surface area (Å²) in [4.78, 5) is 34.7. The van der Waals surface area contributed by atoms with Gasteiger partial charge < -0.3 is 25.0 Å². The van der Waals surface area contributed by atoms with Gasteiger partial charge in [0.2, 0.25) is 0 Å². The SMILES string of the molecule is C[C@@H]1CN([C@@H](C)CO)C(=O)c2cccc(NC(=O)c3ccncc3)c2O[C@H]1CN(C)CC1CCCCC1. The average Bonchev–Trinajstić information content (AvgIpc) is 2.91. The number of aliphatic hydroxyl groups is 1. The predicted molar refractivity (Wildman–Crippen MR) is 144 cm³/mol. The van der Waals surface area contributed by atoms with Crippen LogP contribution in [0.3, 0.4) is 0 Å². The minimum atomic E-state index is -0.336. The molecule has 0 unspecified atom stereocenters. The Labute approximate surface area is 220 Å². The van der Waals surface area contributed by atoms with Gasteiger partial charge in [-0.2, -0.15) is 0 Å². The van der Waals surface area contributed by atoms with Crippen LogP contribution in [0.5, 0.6) is 5.75 Å². The Hall–Kier alpha value is -2.97. The van der Waals surface area contributed by atoms with Crippen molar-refractivity contribution in [1.82, 2.24) is 14.8 Å². The second-order valence-corrected chi connectivity index (χ2v) is 10.7. The summed E-state index contributed by atoms with van der Waals surface area (Å²) in [5.74, 6) is 0.597. The van der Waals surface area contributed by atoms with E-state index in [1.165, 1.54) is 32.1 Å². The first-order valence-corrected chi connectivity index (χ1v) is 13.5. The Morgan fingerprint density at radius 2 is 1.92 bits per heavy atom. The number of aromatic nitrogens is 1. The van der Waals surface area contributed by atoms with Gasteiger partial charge in [0.1, 0.15) is 6.10 Å². The fourth-order valence-electron chi connectivity index (χ4n) is 5.45.